The third-order valence-corrected chi connectivity index (χ3v) is 4.49. The molecule has 0 bridgehead atoms. The molecule has 1 saturated heterocycles. The van der Waals surface area contributed by atoms with Crippen LogP contribution in [0.2, 0.25) is 0 Å². The second-order valence-corrected chi connectivity index (χ2v) is 6.96. The second kappa shape index (κ2) is 5.66. The highest BCUT2D eigenvalue weighted by atomic mass is 15.0. The van der Waals surface area contributed by atoms with E-state index < -0.39 is 0 Å². The molecule has 1 unspecified atom stereocenters. The maximum absolute atomic E-state index is 3.82. The first-order valence-corrected chi connectivity index (χ1v) is 7.74. The van der Waals surface area contributed by atoms with Crippen LogP contribution >= 0.6 is 0 Å². The highest BCUT2D eigenvalue weighted by Gasteiger charge is 2.34. The fraction of sp³-hybridized carbons (Fsp3) is 0.667. The largest absolute Gasteiger partial charge is 0.311 e. The lowest BCUT2D eigenvalue weighted by Crippen LogP contribution is -2.43. The van der Waals surface area contributed by atoms with Gasteiger partial charge in [-0.1, -0.05) is 31.5 Å². The molecule has 1 aromatic carbocycles. The van der Waals surface area contributed by atoms with Gasteiger partial charge in [0.15, 0.2) is 0 Å². The van der Waals surface area contributed by atoms with Gasteiger partial charge in [-0.3, -0.25) is 0 Å². The van der Waals surface area contributed by atoms with Crippen LogP contribution < -0.4 is 5.32 Å². The van der Waals surface area contributed by atoms with E-state index in [1.807, 2.05) is 0 Å². The molecule has 1 aliphatic heterocycles. The Labute approximate surface area is 118 Å². The number of aryl methyl sites for hydroxylation is 3. The zero-order valence-corrected chi connectivity index (χ0v) is 13.3. The number of hydrogen-bond donors (Lipinski definition) is 1. The molecule has 106 valence electrons. The summed E-state index contributed by atoms with van der Waals surface area (Å²) in [5, 5.41) is 3.82. The van der Waals surface area contributed by atoms with Gasteiger partial charge < -0.3 is 5.32 Å². The molecule has 0 spiro atoms. The van der Waals surface area contributed by atoms with Crippen molar-refractivity contribution in [1.29, 1.82) is 0 Å². The van der Waals surface area contributed by atoms with Crippen molar-refractivity contribution in [3.8, 4) is 0 Å². The summed E-state index contributed by atoms with van der Waals surface area (Å²) < 4.78 is 0. The monoisotopic (exact) mass is 259 g/mol. The zero-order chi connectivity index (χ0) is 14.0. The molecule has 0 aliphatic carbocycles. The maximum atomic E-state index is 3.82. The number of benzene rings is 1. The van der Waals surface area contributed by atoms with Gasteiger partial charge in [-0.2, -0.15) is 0 Å². The number of hydrogen-bond acceptors (Lipinski definition) is 1. The first-order chi connectivity index (χ1) is 8.92. The van der Waals surface area contributed by atoms with Crippen LogP contribution in [0.15, 0.2) is 12.1 Å². The number of nitrogens with one attached hydrogen (secondary N) is 1. The molecule has 1 heterocycles. The highest BCUT2D eigenvalue weighted by Crippen LogP contribution is 2.32. The molecule has 0 saturated carbocycles. The van der Waals surface area contributed by atoms with Gasteiger partial charge in [-0.15, -0.1) is 0 Å². The van der Waals surface area contributed by atoms with Crippen LogP contribution in [0.3, 0.4) is 0 Å². The van der Waals surface area contributed by atoms with Crippen LogP contribution in [0.1, 0.15) is 55.4 Å². The molecule has 1 aromatic rings. The average molecular weight is 259 g/mol. The lowest BCUT2D eigenvalue weighted by atomic mass is 9.80. The fourth-order valence-electron chi connectivity index (χ4n) is 3.87. The molecule has 2 rings (SSSR count). The Morgan fingerprint density at radius 3 is 2.26 bits per heavy atom. The summed E-state index contributed by atoms with van der Waals surface area (Å²) >= 11 is 0. The van der Waals surface area contributed by atoms with E-state index in [2.05, 4.69) is 52.1 Å². The van der Waals surface area contributed by atoms with E-state index in [4.69, 9.17) is 0 Å². The van der Waals surface area contributed by atoms with Crippen LogP contribution in [0.25, 0.3) is 0 Å². The average Bonchev–Trinajstić information content (AvgIpc) is 2.71. The Hall–Kier alpha value is -0.820. The molecule has 1 nitrogen and oxygen atoms in total. The molecule has 1 heteroatoms. The normalized spacial score (nSPS) is 23.3. The van der Waals surface area contributed by atoms with Crippen molar-refractivity contribution in [3.63, 3.8) is 0 Å². The molecular formula is C18H29N. The standard InChI is InChI=1S/C18H29N/c1-13(2)11-18(7-6-8-19-18)12-17-15(4)9-14(3)10-16(17)5/h9-10,13,19H,6-8,11-12H2,1-5H3. The topological polar surface area (TPSA) is 12.0 Å². The van der Waals surface area contributed by atoms with E-state index in [1.54, 1.807) is 5.56 Å². The molecule has 1 N–H and O–H groups in total. The van der Waals surface area contributed by atoms with Crippen molar-refractivity contribution in [3.05, 3.63) is 34.4 Å². The van der Waals surface area contributed by atoms with Crippen LogP contribution in [0.5, 0.6) is 0 Å². The molecule has 0 amide bonds. The third kappa shape index (κ3) is 3.39. The van der Waals surface area contributed by atoms with E-state index in [1.165, 1.54) is 48.9 Å². The molecule has 1 fully saturated rings. The first kappa shape index (κ1) is 14.6. The Morgan fingerprint density at radius 2 is 1.79 bits per heavy atom. The predicted octanol–water partition coefficient (Wildman–Crippen LogP) is 4.32. The predicted molar refractivity (Wildman–Crippen MR) is 83.8 cm³/mol. The summed E-state index contributed by atoms with van der Waals surface area (Å²) in [6.45, 7) is 12.6. The summed E-state index contributed by atoms with van der Waals surface area (Å²) in [7, 11) is 0. The van der Waals surface area contributed by atoms with Gasteiger partial charge in [0, 0.05) is 5.54 Å². The Morgan fingerprint density at radius 1 is 1.16 bits per heavy atom. The van der Waals surface area contributed by atoms with E-state index in [9.17, 15) is 0 Å². The fourth-order valence-corrected chi connectivity index (χ4v) is 3.87. The number of rotatable bonds is 4. The Kier molecular flexibility index (Phi) is 4.35. The molecule has 0 aromatic heterocycles. The van der Waals surface area contributed by atoms with Crippen molar-refractivity contribution < 1.29 is 0 Å². The van der Waals surface area contributed by atoms with Gasteiger partial charge >= 0.3 is 0 Å². The Bertz CT molecular complexity index is 416. The van der Waals surface area contributed by atoms with Gasteiger partial charge in [0.25, 0.3) is 0 Å². The molecule has 0 radical (unpaired) electrons. The van der Waals surface area contributed by atoms with Crippen LogP contribution in [0.4, 0.5) is 0 Å². The van der Waals surface area contributed by atoms with Crippen molar-refractivity contribution in [2.75, 3.05) is 6.54 Å². The molecule has 1 aliphatic rings. The lowest BCUT2D eigenvalue weighted by molar-refractivity contribution is 0.301. The minimum atomic E-state index is 0.346. The van der Waals surface area contributed by atoms with Crippen molar-refractivity contribution in [2.45, 2.75) is 65.8 Å². The van der Waals surface area contributed by atoms with Crippen molar-refractivity contribution in [1.82, 2.24) is 5.32 Å². The Balaban J connectivity index is 2.27. The zero-order valence-electron chi connectivity index (χ0n) is 13.3. The molecule has 19 heavy (non-hydrogen) atoms. The van der Waals surface area contributed by atoms with E-state index in [0.29, 0.717) is 5.54 Å². The van der Waals surface area contributed by atoms with Crippen molar-refractivity contribution in [2.24, 2.45) is 5.92 Å². The quantitative estimate of drug-likeness (QED) is 0.849. The van der Waals surface area contributed by atoms with Gasteiger partial charge in [-0.05, 0) is 75.6 Å². The minimum absolute atomic E-state index is 0.346. The third-order valence-electron chi connectivity index (χ3n) is 4.49. The molecule has 1 atom stereocenters. The van der Waals surface area contributed by atoms with E-state index >= 15 is 0 Å². The summed E-state index contributed by atoms with van der Waals surface area (Å²) in [6, 6.07) is 4.67. The van der Waals surface area contributed by atoms with E-state index in [0.717, 1.165) is 5.92 Å². The highest BCUT2D eigenvalue weighted by molar-refractivity contribution is 5.38. The van der Waals surface area contributed by atoms with Gasteiger partial charge in [0.05, 0.1) is 0 Å². The SMILES string of the molecule is Cc1cc(C)c(CC2(CC(C)C)CCCN2)c(C)c1. The summed E-state index contributed by atoms with van der Waals surface area (Å²) in [5.41, 5.74) is 6.24. The van der Waals surface area contributed by atoms with Crippen LogP contribution in [-0.4, -0.2) is 12.1 Å². The summed E-state index contributed by atoms with van der Waals surface area (Å²) in [6.07, 6.45) is 5.15. The minimum Gasteiger partial charge on any atom is -0.311 e. The second-order valence-electron chi connectivity index (χ2n) is 6.96. The van der Waals surface area contributed by atoms with Gasteiger partial charge in [0.1, 0.15) is 0 Å². The van der Waals surface area contributed by atoms with Gasteiger partial charge in [0.2, 0.25) is 0 Å². The summed E-state index contributed by atoms with van der Waals surface area (Å²) in [4.78, 5) is 0. The molecular weight excluding hydrogens is 230 g/mol. The van der Waals surface area contributed by atoms with Crippen LogP contribution in [-0.2, 0) is 6.42 Å². The first-order valence-electron chi connectivity index (χ1n) is 7.74. The smallest absolute Gasteiger partial charge is 0.0224 e. The van der Waals surface area contributed by atoms with Crippen molar-refractivity contribution >= 4 is 0 Å². The lowest BCUT2D eigenvalue weighted by Gasteiger charge is -2.33. The van der Waals surface area contributed by atoms with Crippen LogP contribution in [0, 0.1) is 26.7 Å². The van der Waals surface area contributed by atoms with Gasteiger partial charge in [-0.25, -0.2) is 0 Å². The summed E-state index contributed by atoms with van der Waals surface area (Å²) in [5.74, 6) is 0.761. The van der Waals surface area contributed by atoms with E-state index in [-0.39, 0.29) is 0 Å². The maximum Gasteiger partial charge on any atom is 0.0224 e.